The molecule has 11 aromatic rings. The van der Waals surface area contributed by atoms with E-state index in [2.05, 4.69) is 171 Å². The molecule has 0 fully saturated rings. The molecule has 0 amide bonds. The lowest BCUT2D eigenvalue weighted by atomic mass is 9.93. The highest BCUT2D eigenvalue weighted by Gasteiger charge is 2.21. The molecule has 0 spiro atoms. The molecule has 8 aromatic carbocycles. The van der Waals surface area contributed by atoms with Crippen LogP contribution in [0.4, 0.5) is 0 Å². The van der Waals surface area contributed by atoms with Gasteiger partial charge in [0.15, 0.2) is 11.6 Å². The highest BCUT2D eigenvalue weighted by molar-refractivity contribution is 6.11. The minimum Gasteiger partial charge on any atom is -0.309 e. The summed E-state index contributed by atoms with van der Waals surface area (Å²) in [5, 5.41) is 2.38. The first-order valence-electron chi connectivity index (χ1n) is 21.7. The minimum atomic E-state index is 0.656. The van der Waals surface area contributed by atoms with E-state index >= 15 is 0 Å². The zero-order chi connectivity index (χ0) is 43.1. The predicted molar refractivity (Wildman–Crippen MR) is 264 cm³/mol. The Kier molecular flexibility index (Phi) is 9.78. The fourth-order valence-corrected chi connectivity index (χ4v) is 9.25. The number of benzene rings is 8. The van der Waals surface area contributed by atoms with Gasteiger partial charge in [0.1, 0.15) is 0 Å². The topological polar surface area (TPSA) is 56.5 Å². The lowest BCUT2D eigenvalue weighted by Gasteiger charge is -2.17. The van der Waals surface area contributed by atoms with Crippen LogP contribution in [-0.2, 0) is 0 Å². The molecule has 64 heavy (non-hydrogen) atoms. The molecule has 0 unspecified atom stereocenters. The Morgan fingerprint density at radius 2 is 0.781 bits per heavy atom. The van der Waals surface area contributed by atoms with E-state index in [4.69, 9.17) is 19.9 Å². The van der Waals surface area contributed by atoms with Crippen molar-refractivity contribution >= 4 is 21.8 Å². The van der Waals surface area contributed by atoms with Crippen molar-refractivity contribution in [3.05, 3.63) is 223 Å². The second-order valence-electron chi connectivity index (χ2n) is 16.5. The van der Waals surface area contributed by atoms with Crippen molar-refractivity contribution in [2.45, 2.75) is 20.8 Å². The summed E-state index contributed by atoms with van der Waals surface area (Å²) < 4.78 is 2.40. The van der Waals surface area contributed by atoms with E-state index in [1.807, 2.05) is 60.7 Å². The lowest BCUT2D eigenvalue weighted by Crippen LogP contribution is -2.02. The average Bonchev–Trinajstić information content (AvgIpc) is 3.68. The first kappa shape index (κ1) is 38.6. The van der Waals surface area contributed by atoms with Crippen molar-refractivity contribution < 1.29 is 0 Å². The Hall–Kier alpha value is -8.28. The maximum Gasteiger partial charge on any atom is 0.160 e. The van der Waals surface area contributed by atoms with Crippen LogP contribution in [0.1, 0.15) is 16.7 Å². The van der Waals surface area contributed by atoms with Crippen LogP contribution in [0.15, 0.2) is 206 Å². The van der Waals surface area contributed by atoms with E-state index < -0.39 is 0 Å². The predicted octanol–water partition coefficient (Wildman–Crippen LogP) is 15.0. The van der Waals surface area contributed by atoms with Gasteiger partial charge in [-0.2, -0.15) is 0 Å². The molecule has 0 radical (unpaired) electrons. The van der Waals surface area contributed by atoms with Crippen molar-refractivity contribution in [3.63, 3.8) is 0 Å². The SMILES string of the molecule is Cc1cc(C)c(-c2ccc3c(c2)c2ccccc2n3-c2ccc(-c3cc(-c4ccccc4)nc(-c4ccccc4)n3)cc2-c2cc(-c3ccccc3)nc(-c3ccccc3)n2)c(C)c1. The van der Waals surface area contributed by atoms with Crippen LogP contribution in [0, 0.1) is 20.8 Å². The summed E-state index contributed by atoms with van der Waals surface area (Å²) >= 11 is 0. The Morgan fingerprint density at radius 3 is 1.36 bits per heavy atom. The summed E-state index contributed by atoms with van der Waals surface area (Å²) in [5.74, 6) is 1.32. The van der Waals surface area contributed by atoms with Gasteiger partial charge in [-0.15, -0.1) is 0 Å². The third kappa shape index (κ3) is 7.13. The van der Waals surface area contributed by atoms with Crippen LogP contribution in [0.25, 0.3) is 106 Å². The summed E-state index contributed by atoms with van der Waals surface area (Å²) in [6.07, 6.45) is 0. The molecule has 0 bridgehead atoms. The van der Waals surface area contributed by atoms with Crippen LogP contribution in [0.2, 0.25) is 0 Å². The van der Waals surface area contributed by atoms with Crippen LogP contribution in [-0.4, -0.2) is 24.5 Å². The number of aromatic nitrogens is 5. The molecule has 11 rings (SSSR count). The van der Waals surface area contributed by atoms with Crippen LogP contribution in [0.5, 0.6) is 0 Å². The molecule has 0 aliphatic carbocycles. The number of hydrogen-bond acceptors (Lipinski definition) is 4. The molecule has 0 aliphatic heterocycles. The monoisotopic (exact) mass is 821 g/mol. The fourth-order valence-electron chi connectivity index (χ4n) is 9.25. The van der Waals surface area contributed by atoms with Crippen molar-refractivity contribution in [3.8, 4) is 84.6 Å². The second-order valence-corrected chi connectivity index (χ2v) is 16.5. The first-order chi connectivity index (χ1) is 31.4. The Labute approximate surface area is 373 Å². The van der Waals surface area contributed by atoms with Crippen molar-refractivity contribution in [2.75, 3.05) is 0 Å². The number of para-hydroxylation sites is 1. The molecular weight excluding hydrogens is 779 g/mol. The molecule has 0 saturated heterocycles. The quantitative estimate of drug-likeness (QED) is 0.153. The molecule has 0 atom stereocenters. The van der Waals surface area contributed by atoms with E-state index in [1.165, 1.54) is 38.6 Å². The third-order valence-corrected chi connectivity index (χ3v) is 12.1. The van der Waals surface area contributed by atoms with Crippen LogP contribution in [0.3, 0.4) is 0 Å². The highest BCUT2D eigenvalue weighted by Crippen LogP contribution is 2.41. The average molecular weight is 822 g/mol. The van der Waals surface area contributed by atoms with Crippen LogP contribution >= 0.6 is 0 Å². The van der Waals surface area contributed by atoms with Gasteiger partial charge in [-0.3, -0.25) is 0 Å². The Morgan fingerprint density at radius 1 is 0.328 bits per heavy atom. The van der Waals surface area contributed by atoms with E-state index in [0.717, 1.165) is 72.9 Å². The van der Waals surface area contributed by atoms with Crippen molar-refractivity contribution in [1.29, 1.82) is 0 Å². The number of nitrogens with zero attached hydrogens (tertiary/aromatic N) is 5. The molecule has 0 N–H and O–H groups in total. The third-order valence-electron chi connectivity index (χ3n) is 12.1. The minimum absolute atomic E-state index is 0.656. The summed E-state index contributed by atoms with van der Waals surface area (Å²) in [6, 6.07) is 72.3. The van der Waals surface area contributed by atoms with Crippen LogP contribution < -0.4 is 0 Å². The van der Waals surface area contributed by atoms with E-state index in [0.29, 0.717) is 11.6 Å². The zero-order valence-electron chi connectivity index (χ0n) is 35.9. The highest BCUT2D eigenvalue weighted by atomic mass is 15.0. The molecule has 0 aliphatic rings. The second kappa shape index (κ2) is 16.2. The normalized spacial score (nSPS) is 11.4. The summed E-state index contributed by atoms with van der Waals surface area (Å²) in [5.41, 5.74) is 18.7. The number of hydrogen-bond donors (Lipinski definition) is 0. The molecular formula is C59H43N5. The van der Waals surface area contributed by atoms with Gasteiger partial charge in [0.05, 0.1) is 39.5 Å². The number of fused-ring (bicyclic) bond motifs is 3. The maximum absolute atomic E-state index is 5.42. The maximum atomic E-state index is 5.42. The smallest absolute Gasteiger partial charge is 0.160 e. The van der Waals surface area contributed by atoms with Gasteiger partial charge in [-0.05, 0) is 85.5 Å². The fraction of sp³-hybridized carbons (Fsp3) is 0.0508. The summed E-state index contributed by atoms with van der Waals surface area (Å²) in [4.78, 5) is 21.0. The van der Waals surface area contributed by atoms with Gasteiger partial charge in [0, 0.05) is 44.2 Å². The molecule has 5 nitrogen and oxygen atoms in total. The summed E-state index contributed by atoms with van der Waals surface area (Å²) in [7, 11) is 0. The molecule has 0 saturated carbocycles. The van der Waals surface area contributed by atoms with Crippen molar-refractivity contribution in [1.82, 2.24) is 24.5 Å². The number of rotatable bonds is 8. The van der Waals surface area contributed by atoms with E-state index in [1.54, 1.807) is 0 Å². The first-order valence-corrected chi connectivity index (χ1v) is 21.7. The molecule has 5 heteroatoms. The van der Waals surface area contributed by atoms with Gasteiger partial charge in [0.2, 0.25) is 0 Å². The standard InChI is InChI=1S/C59H43N5/c1-38-32-39(2)57(40(3)33-38)46-29-31-55-48(35-46)47-26-16-17-27-54(47)64(55)56-30-28-45(52-36-50(41-18-8-4-9-19-41)60-58(62-52)43-22-12-6-13-23-43)34-49(56)53-37-51(42-20-10-5-11-21-42)61-59(63-53)44-24-14-7-15-25-44/h4-37H,1-3H3. The molecule has 3 aromatic heterocycles. The van der Waals surface area contributed by atoms with Gasteiger partial charge in [0.25, 0.3) is 0 Å². The van der Waals surface area contributed by atoms with Gasteiger partial charge < -0.3 is 4.57 Å². The van der Waals surface area contributed by atoms with E-state index in [-0.39, 0.29) is 0 Å². The van der Waals surface area contributed by atoms with Gasteiger partial charge in [-0.25, -0.2) is 19.9 Å². The molecule has 3 heterocycles. The lowest BCUT2D eigenvalue weighted by molar-refractivity contribution is 1.15. The van der Waals surface area contributed by atoms with Crippen molar-refractivity contribution in [2.24, 2.45) is 0 Å². The largest absolute Gasteiger partial charge is 0.309 e. The Bertz CT molecular complexity index is 3370. The number of aryl methyl sites for hydroxylation is 3. The Balaban J connectivity index is 1.19. The van der Waals surface area contributed by atoms with Gasteiger partial charge in [-0.1, -0.05) is 169 Å². The van der Waals surface area contributed by atoms with E-state index in [9.17, 15) is 0 Å². The zero-order valence-corrected chi connectivity index (χ0v) is 35.9. The molecule has 304 valence electrons. The summed E-state index contributed by atoms with van der Waals surface area (Å²) in [6.45, 7) is 6.60. The van der Waals surface area contributed by atoms with Gasteiger partial charge >= 0.3 is 0 Å².